The molecule has 0 aliphatic carbocycles. The Morgan fingerprint density at radius 1 is 0.974 bits per heavy atom. The number of para-hydroxylation sites is 1. The fourth-order valence-corrected chi connectivity index (χ4v) is 4.79. The molecular weight excluding hydrogens is 498 g/mol. The molecule has 3 aromatic carbocycles. The van der Waals surface area contributed by atoms with E-state index >= 15 is 0 Å². The largest absolute Gasteiger partial charge is 0.503 e. The van der Waals surface area contributed by atoms with Crippen molar-refractivity contribution in [1.82, 2.24) is 4.90 Å². The van der Waals surface area contributed by atoms with Gasteiger partial charge >= 0.3 is 0 Å². The number of carbonyl (C=O) groups excluding carboxylic acids is 2. The molecule has 1 aliphatic rings. The average Bonchev–Trinajstić information content (AvgIpc) is 3.48. The fraction of sp³-hybridized carbons (Fsp3) is 0.226. The number of carbonyl (C=O) groups is 2. The molecular formula is C31H29NO7. The van der Waals surface area contributed by atoms with Crippen molar-refractivity contribution in [3.63, 3.8) is 0 Å². The number of aliphatic hydroxyl groups is 1. The second-order valence-electron chi connectivity index (χ2n) is 9.50. The molecule has 8 nitrogen and oxygen atoms in total. The number of hydrogen-bond acceptors (Lipinski definition) is 7. The highest BCUT2D eigenvalue weighted by atomic mass is 16.5. The molecule has 1 amide bonds. The third kappa shape index (κ3) is 4.93. The number of Topliss-reactive ketones (excluding diaryl/α,β-unsaturated/α-hetero) is 1. The van der Waals surface area contributed by atoms with Gasteiger partial charge in [-0.05, 0) is 61.4 Å². The Morgan fingerprint density at radius 3 is 2.41 bits per heavy atom. The molecule has 8 heteroatoms. The number of methoxy groups -OCH3 is 2. The van der Waals surface area contributed by atoms with Gasteiger partial charge in [0, 0.05) is 11.9 Å². The van der Waals surface area contributed by atoms with Crippen LogP contribution in [0.3, 0.4) is 0 Å². The van der Waals surface area contributed by atoms with Gasteiger partial charge in [0.25, 0.3) is 5.91 Å². The lowest BCUT2D eigenvalue weighted by Crippen LogP contribution is -2.30. The predicted octanol–water partition coefficient (Wildman–Crippen LogP) is 6.02. The normalized spacial score (nSPS) is 15.4. The van der Waals surface area contributed by atoms with Crippen LogP contribution in [-0.2, 0) is 11.3 Å². The Labute approximate surface area is 226 Å². The summed E-state index contributed by atoms with van der Waals surface area (Å²) in [6.07, 6.45) is 0.0291. The van der Waals surface area contributed by atoms with Crippen LogP contribution in [0.4, 0.5) is 0 Å². The first-order valence-corrected chi connectivity index (χ1v) is 12.6. The SMILES string of the molecule is COc1cccc(C2C(C(=O)c3cc4cccc(OC)c4o3)=C(O)C(=O)N2Cc2ccc(OC(C)C)cc2)c1. The molecule has 2 heterocycles. The van der Waals surface area contributed by atoms with Gasteiger partial charge in [-0.25, -0.2) is 0 Å². The molecule has 39 heavy (non-hydrogen) atoms. The van der Waals surface area contributed by atoms with Gasteiger partial charge in [-0.3, -0.25) is 9.59 Å². The highest BCUT2D eigenvalue weighted by Crippen LogP contribution is 2.42. The monoisotopic (exact) mass is 527 g/mol. The van der Waals surface area contributed by atoms with Gasteiger partial charge in [0.15, 0.2) is 22.9 Å². The Morgan fingerprint density at radius 2 is 1.72 bits per heavy atom. The standard InChI is InChI=1S/C31H29NO7/c1-18(2)38-22-13-11-19(12-14-22)17-32-27(20-7-5-9-23(15-20)36-3)26(29(34)31(32)35)28(33)25-16-21-8-6-10-24(37-4)30(21)39-25/h5-16,18,27,34H,17H2,1-4H3. The zero-order valence-corrected chi connectivity index (χ0v) is 22.1. The molecule has 0 saturated heterocycles. The van der Waals surface area contributed by atoms with Crippen LogP contribution in [-0.4, -0.2) is 42.0 Å². The van der Waals surface area contributed by atoms with Crippen molar-refractivity contribution in [3.8, 4) is 17.2 Å². The van der Waals surface area contributed by atoms with E-state index < -0.39 is 23.5 Å². The summed E-state index contributed by atoms with van der Waals surface area (Å²) in [5.74, 6) is -0.112. The summed E-state index contributed by atoms with van der Waals surface area (Å²) < 4.78 is 22.4. The van der Waals surface area contributed by atoms with Crippen LogP contribution in [0.2, 0.25) is 0 Å². The summed E-state index contributed by atoms with van der Waals surface area (Å²) in [5.41, 5.74) is 1.77. The first-order valence-electron chi connectivity index (χ1n) is 12.6. The lowest BCUT2D eigenvalue weighted by atomic mass is 9.94. The van der Waals surface area contributed by atoms with Crippen LogP contribution >= 0.6 is 0 Å². The van der Waals surface area contributed by atoms with E-state index in [0.29, 0.717) is 33.8 Å². The first kappa shape index (κ1) is 25.9. The van der Waals surface area contributed by atoms with Gasteiger partial charge in [0.1, 0.15) is 11.5 Å². The van der Waals surface area contributed by atoms with Crippen molar-refractivity contribution in [2.45, 2.75) is 32.5 Å². The van der Waals surface area contributed by atoms with Gasteiger partial charge in [-0.2, -0.15) is 0 Å². The summed E-state index contributed by atoms with van der Waals surface area (Å²) in [6.45, 7) is 4.04. The van der Waals surface area contributed by atoms with Gasteiger partial charge in [0.2, 0.25) is 5.78 Å². The van der Waals surface area contributed by atoms with E-state index in [1.54, 1.807) is 55.6 Å². The summed E-state index contributed by atoms with van der Waals surface area (Å²) in [4.78, 5) is 28.8. The first-order chi connectivity index (χ1) is 18.8. The zero-order chi connectivity index (χ0) is 27.7. The summed E-state index contributed by atoms with van der Waals surface area (Å²) in [7, 11) is 3.06. The van der Waals surface area contributed by atoms with Crippen molar-refractivity contribution in [1.29, 1.82) is 0 Å². The maximum atomic E-state index is 13.9. The van der Waals surface area contributed by atoms with Gasteiger partial charge in [0.05, 0.1) is 31.9 Å². The maximum absolute atomic E-state index is 13.9. The number of hydrogen-bond donors (Lipinski definition) is 1. The van der Waals surface area contributed by atoms with E-state index in [-0.39, 0.29) is 24.0 Å². The van der Waals surface area contributed by atoms with Crippen molar-refractivity contribution in [2.24, 2.45) is 0 Å². The van der Waals surface area contributed by atoms with E-state index in [1.165, 1.54) is 12.0 Å². The maximum Gasteiger partial charge on any atom is 0.290 e. The third-order valence-electron chi connectivity index (χ3n) is 6.56. The molecule has 1 aromatic heterocycles. The lowest BCUT2D eigenvalue weighted by molar-refractivity contribution is -0.130. The molecule has 1 unspecified atom stereocenters. The molecule has 200 valence electrons. The number of benzene rings is 3. The van der Waals surface area contributed by atoms with Gasteiger partial charge in [-0.1, -0.05) is 36.4 Å². The quantitative estimate of drug-likeness (QED) is 0.266. The molecule has 0 spiro atoms. The van der Waals surface area contributed by atoms with Crippen molar-refractivity contribution in [2.75, 3.05) is 14.2 Å². The number of furan rings is 1. The Bertz CT molecular complexity index is 1570. The van der Waals surface area contributed by atoms with E-state index in [4.69, 9.17) is 18.6 Å². The molecule has 0 bridgehead atoms. The summed E-state index contributed by atoms with van der Waals surface area (Å²) in [6, 6.07) is 20.5. The topological polar surface area (TPSA) is 98.4 Å². The van der Waals surface area contributed by atoms with Crippen LogP contribution in [0.15, 0.2) is 88.5 Å². The number of ketones is 1. The zero-order valence-electron chi connectivity index (χ0n) is 22.1. The number of rotatable bonds is 9. The molecule has 0 saturated carbocycles. The third-order valence-corrected chi connectivity index (χ3v) is 6.56. The minimum atomic E-state index is -0.873. The van der Waals surface area contributed by atoms with E-state index in [2.05, 4.69) is 0 Å². The van der Waals surface area contributed by atoms with Crippen LogP contribution in [0.5, 0.6) is 17.2 Å². The van der Waals surface area contributed by atoms with Crippen molar-refractivity contribution < 1.29 is 33.3 Å². The van der Waals surface area contributed by atoms with Gasteiger partial charge < -0.3 is 28.6 Å². The average molecular weight is 528 g/mol. The number of amides is 1. The number of aliphatic hydroxyl groups excluding tert-OH is 1. The van der Waals surface area contributed by atoms with E-state index in [0.717, 1.165) is 5.56 Å². The highest BCUT2D eigenvalue weighted by molar-refractivity contribution is 6.16. The second-order valence-corrected chi connectivity index (χ2v) is 9.50. The van der Waals surface area contributed by atoms with Crippen LogP contribution in [0.1, 0.15) is 41.6 Å². The van der Waals surface area contributed by atoms with Crippen LogP contribution in [0, 0.1) is 0 Å². The molecule has 1 N–H and O–H groups in total. The fourth-order valence-electron chi connectivity index (χ4n) is 4.79. The van der Waals surface area contributed by atoms with Gasteiger partial charge in [-0.15, -0.1) is 0 Å². The Balaban J connectivity index is 1.55. The minimum absolute atomic E-state index is 0.00576. The summed E-state index contributed by atoms with van der Waals surface area (Å²) >= 11 is 0. The van der Waals surface area contributed by atoms with Crippen LogP contribution < -0.4 is 14.2 Å². The number of nitrogens with zero attached hydrogens (tertiary/aromatic N) is 1. The number of ether oxygens (including phenoxy) is 3. The molecule has 4 aromatic rings. The molecule has 0 radical (unpaired) electrons. The minimum Gasteiger partial charge on any atom is -0.503 e. The molecule has 5 rings (SSSR count). The molecule has 1 aliphatic heterocycles. The molecule has 1 atom stereocenters. The van der Waals surface area contributed by atoms with Crippen LogP contribution in [0.25, 0.3) is 11.0 Å². The van der Waals surface area contributed by atoms with E-state index in [9.17, 15) is 14.7 Å². The lowest BCUT2D eigenvalue weighted by Gasteiger charge is -2.27. The second kappa shape index (κ2) is 10.6. The summed E-state index contributed by atoms with van der Waals surface area (Å²) in [5, 5.41) is 11.7. The van der Waals surface area contributed by atoms with Crippen molar-refractivity contribution in [3.05, 3.63) is 101 Å². The predicted molar refractivity (Wildman–Crippen MR) is 145 cm³/mol. The molecule has 0 fully saturated rings. The Kier molecular flexibility index (Phi) is 7.02. The smallest absolute Gasteiger partial charge is 0.290 e. The Hall–Kier alpha value is -4.72. The van der Waals surface area contributed by atoms with E-state index in [1.807, 2.05) is 38.1 Å². The van der Waals surface area contributed by atoms with Crippen molar-refractivity contribution >= 4 is 22.7 Å². The highest BCUT2D eigenvalue weighted by Gasteiger charge is 2.44. The number of fused-ring (bicyclic) bond motifs is 1.